The van der Waals surface area contributed by atoms with Crippen LogP contribution in [0.3, 0.4) is 0 Å². The van der Waals surface area contributed by atoms with Crippen molar-refractivity contribution in [1.29, 1.82) is 0 Å². The molecule has 0 unspecified atom stereocenters. The molecule has 2 aromatic rings. The van der Waals surface area contributed by atoms with Gasteiger partial charge in [0.2, 0.25) is 0 Å². The summed E-state index contributed by atoms with van der Waals surface area (Å²) in [6, 6.07) is 12.1. The van der Waals surface area contributed by atoms with Gasteiger partial charge in [0.05, 0.1) is 0 Å². The summed E-state index contributed by atoms with van der Waals surface area (Å²) in [5.74, 6) is 0.412. The highest BCUT2D eigenvalue weighted by molar-refractivity contribution is 6.02. The average molecular weight is 393 g/mol. The maximum Gasteiger partial charge on any atom is 0.251 e. The Morgan fingerprint density at radius 3 is 2.24 bits per heavy atom. The number of hydrogen-bond donors (Lipinski definition) is 2. The number of nitrogens with one attached hydrogen (secondary N) is 2. The summed E-state index contributed by atoms with van der Waals surface area (Å²) in [4.78, 5) is 25.9. The van der Waals surface area contributed by atoms with E-state index in [1.165, 1.54) is 18.4 Å². The number of amides is 2. The van der Waals surface area contributed by atoms with Crippen LogP contribution in [0.4, 0.5) is 0 Å². The van der Waals surface area contributed by atoms with Crippen LogP contribution in [0, 0.1) is 12.8 Å². The summed E-state index contributed by atoms with van der Waals surface area (Å²) in [5.41, 5.74) is 5.48. The van der Waals surface area contributed by atoms with Crippen molar-refractivity contribution in [3.05, 3.63) is 69.8 Å². The van der Waals surface area contributed by atoms with Gasteiger partial charge in [0.1, 0.15) is 0 Å². The van der Waals surface area contributed by atoms with Crippen molar-refractivity contribution >= 4 is 11.8 Å². The van der Waals surface area contributed by atoms with Crippen LogP contribution in [0.2, 0.25) is 0 Å². The SMILES string of the molecule is CCCNC(=O)c1cc(C)cc(C(=O)NCc2cccc(CC)c2)c1CC1CC1. The molecular weight excluding hydrogens is 360 g/mol. The van der Waals surface area contributed by atoms with Crippen LogP contribution in [0.1, 0.15) is 76.1 Å². The highest BCUT2D eigenvalue weighted by atomic mass is 16.2. The van der Waals surface area contributed by atoms with E-state index >= 15 is 0 Å². The highest BCUT2D eigenvalue weighted by Crippen LogP contribution is 2.35. The van der Waals surface area contributed by atoms with Crippen molar-refractivity contribution < 1.29 is 9.59 Å². The second-order valence-corrected chi connectivity index (χ2v) is 8.10. The molecule has 0 atom stereocenters. The van der Waals surface area contributed by atoms with Crippen molar-refractivity contribution in [1.82, 2.24) is 10.6 Å². The van der Waals surface area contributed by atoms with Crippen LogP contribution in [0.25, 0.3) is 0 Å². The summed E-state index contributed by atoms with van der Waals surface area (Å²) in [6.07, 6.45) is 5.01. The molecule has 1 aliphatic rings. The summed E-state index contributed by atoms with van der Waals surface area (Å²) in [5, 5.41) is 6.04. The van der Waals surface area contributed by atoms with Crippen molar-refractivity contribution in [2.75, 3.05) is 6.54 Å². The van der Waals surface area contributed by atoms with Crippen molar-refractivity contribution in [3.63, 3.8) is 0 Å². The van der Waals surface area contributed by atoms with E-state index < -0.39 is 0 Å². The number of aryl methyl sites for hydroxylation is 2. The maximum absolute atomic E-state index is 13.1. The van der Waals surface area contributed by atoms with E-state index in [1.807, 2.05) is 38.1 Å². The van der Waals surface area contributed by atoms with E-state index in [0.29, 0.717) is 30.1 Å². The Bertz CT molecular complexity index is 884. The molecule has 154 valence electrons. The molecule has 2 N–H and O–H groups in total. The van der Waals surface area contributed by atoms with E-state index in [-0.39, 0.29) is 11.8 Å². The molecule has 2 aromatic carbocycles. The van der Waals surface area contributed by atoms with Gasteiger partial charge in [-0.2, -0.15) is 0 Å². The molecule has 0 radical (unpaired) electrons. The first-order chi connectivity index (χ1) is 14.0. The summed E-state index contributed by atoms with van der Waals surface area (Å²) < 4.78 is 0. The Kier molecular flexibility index (Phi) is 7.08. The molecule has 2 amide bonds. The fourth-order valence-corrected chi connectivity index (χ4v) is 3.62. The van der Waals surface area contributed by atoms with Gasteiger partial charge in [0.15, 0.2) is 0 Å². The lowest BCUT2D eigenvalue weighted by atomic mass is 9.92. The van der Waals surface area contributed by atoms with Crippen LogP contribution in [-0.2, 0) is 19.4 Å². The Morgan fingerprint density at radius 2 is 1.62 bits per heavy atom. The molecular formula is C25H32N2O2. The summed E-state index contributed by atoms with van der Waals surface area (Å²) in [7, 11) is 0. The zero-order chi connectivity index (χ0) is 20.8. The summed E-state index contributed by atoms with van der Waals surface area (Å²) >= 11 is 0. The van der Waals surface area contributed by atoms with Gasteiger partial charge < -0.3 is 10.6 Å². The highest BCUT2D eigenvalue weighted by Gasteiger charge is 2.27. The number of carbonyl (C=O) groups is 2. The summed E-state index contributed by atoms with van der Waals surface area (Å²) in [6.45, 7) is 7.23. The third-order valence-corrected chi connectivity index (χ3v) is 5.46. The second-order valence-electron chi connectivity index (χ2n) is 8.10. The minimum absolute atomic E-state index is 0.0732. The molecule has 4 nitrogen and oxygen atoms in total. The second kappa shape index (κ2) is 9.73. The van der Waals surface area contributed by atoms with E-state index in [2.05, 4.69) is 29.7 Å². The fourth-order valence-electron chi connectivity index (χ4n) is 3.62. The maximum atomic E-state index is 13.1. The third-order valence-electron chi connectivity index (χ3n) is 5.46. The molecule has 0 heterocycles. The molecule has 1 aliphatic carbocycles. The first-order valence-corrected chi connectivity index (χ1v) is 10.8. The first-order valence-electron chi connectivity index (χ1n) is 10.8. The number of carbonyl (C=O) groups excluding carboxylic acids is 2. The Morgan fingerprint density at radius 1 is 0.966 bits per heavy atom. The molecule has 0 aromatic heterocycles. The van der Waals surface area contributed by atoms with E-state index in [9.17, 15) is 9.59 Å². The predicted molar refractivity (Wildman–Crippen MR) is 117 cm³/mol. The number of rotatable bonds is 9. The van der Waals surface area contributed by atoms with Gasteiger partial charge >= 0.3 is 0 Å². The number of benzene rings is 2. The van der Waals surface area contributed by atoms with Crippen LogP contribution >= 0.6 is 0 Å². The smallest absolute Gasteiger partial charge is 0.251 e. The normalized spacial score (nSPS) is 13.2. The molecule has 1 fully saturated rings. The number of hydrogen-bond acceptors (Lipinski definition) is 2. The van der Waals surface area contributed by atoms with Crippen molar-refractivity contribution in [2.24, 2.45) is 5.92 Å². The molecule has 0 aliphatic heterocycles. The minimum Gasteiger partial charge on any atom is -0.352 e. The fraction of sp³-hybridized carbons (Fsp3) is 0.440. The zero-order valence-corrected chi connectivity index (χ0v) is 17.8. The van der Waals surface area contributed by atoms with Gasteiger partial charge in [-0.1, -0.05) is 38.1 Å². The largest absolute Gasteiger partial charge is 0.352 e. The quantitative estimate of drug-likeness (QED) is 0.656. The lowest BCUT2D eigenvalue weighted by Gasteiger charge is -2.16. The van der Waals surface area contributed by atoms with Crippen LogP contribution < -0.4 is 10.6 Å². The van der Waals surface area contributed by atoms with Crippen LogP contribution in [-0.4, -0.2) is 18.4 Å². The third kappa shape index (κ3) is 5.69. The lowest BCUT2D eigenvalue weighted by molar-refractivity contribution is 0.0949. The molecule has 1 saturated carbocycles. The van der Waals surface area contributed by atoms with Gasteiger partial charge in [0, 0.05) is 24.2 Å². The van der Waals surface area contributed by atoms with Crippen molar-refractivity contribution in [3.8, 4) is 0 Å². The minimum atomic E-state index is -0.101. The molecule has 0 bridgehead atoms. The van der Waals surface area contributed by atoms with E-state index in [4.69, 9.17) is 0 Å². The molecule has 0 spiro atoms. The van der Waals surface area contributed by atoms with Gasteiger partial charge in [-0.25, -0.2) is 0 Å². The van der Waals surface area contributed by atoms with Gasteiger partial charge in [-0.3, -0.25) is 9.59 Å². The predicted octanol–water partition coefficient (Wildman–Crippen LogP) is 4.58. The lowest BCUT2D eigenvalue weighted by Crippen LogP contribution is -2.29. The van der Waals surface area contributed by atoms with E-state index in [0.717, 1.165) is 36.0 Å². The average Bonchev–Trinajstić information content (AvgIpc) is 3.55. The van der Waals surface area contributed by atoms with Crippen LogP contribution in [0.5, 0.6) is 0 Å². The standard InChI is InChI=1S/C25H32N2O2/c1-4-11-26-24(28)22-12-17(3)13-23(21(22)15-19-9-10-19)25(29)27-16-20-8-6-7-18(5-2)14-20/h6-8,12-14,19H,4-5,9-11,15-16H2,1-3H3,(H,26,28)(H,27,29). The zero-order valence-electron chi connectivity index (χ0n) is 17.8. The molecule has 3 rings (SSSR count). The van der Waals surface area contributed by atoms with Gasteiger partial charge in [-0.15, -0.1) is 0 Å². The molecule has 4 heteroatoms. The monoisotopic (exact) mass is 392 g/mol. The van der Waals surface area contributed by atoms with E-state index in [1.54, 1.807) is 0 Å². The Hall–Kier alpha value is -2.62. The topological polar surface area (TPSA) is 58.2 Å². The Balaban J connectivity index is 1.84. The van der Waals surface area contributed by atoms with Crippen LogP contribution in [0.15, 0.2) is 36.4 Å². The molecule has 0 saturated heterocycles. The van der Waals surface area contributed by atoms with Gasteiger partial charge in [-0.05, 0) is 79.3 Å². The first kappa shape index (κ1) is 21.1. The Labute approximate surface area is 174 Å². The van der Waals surface area contributed by atoms with Crippen molar-refractivity contribution in [2.45, 2.75) is 59.4 Å². The molecule has 29 heavy (non-hydrogen) atoms. The van der Waals surface area contributed by atoms with Gasteiger partial charge in [0.25, 0.3) is 11.8 Å².